The molecular weight excluding hydrogens is 594 g/mol. The molecule has 12 heteroatoms. The fourth-order valence-electron chi connectivity index (χ4n) is 4.29. The van der Waals surface area contributed by atoms with Gasteiger partial charge in [-0.25, -0.2) is 8.42 Å². The Labute approximate surface area is 258 Å². The Morgan fingerprint density at radius 2 is 1.56 bits per heavy atom. The molecule has 0 aromatic heterocycles. The highest BCUT2D eigenvalue weighted by Gasteiger charge is 2.33. The van der Waals surface area contributed by atoms with E-state index in [1.165, 1.54) is 61.6 Å². The Morgan fingerprint density at radius 1 is 0.907 bits per heavy atom. The molecule has 3 aromatic carbocycles. The number of hydrogen-bond donors (Lipinski definition) is 1. The van der Waals surface area contributed by atoms with Crippen molar-refractivity contribution in [1.82, 2.24) is 10.2 Å². The molecule has 3 rings (SSSR count). The first-order chi connectivity index (χ1) is 20.5. The van der Waals surface area contributed by atoms with Crippen LogP contribution in [0.3, 0.4) is 0 Å². The smallest absolute Gasteiger partial charge is 0.264 e. The highest BCUT2D eigenvalue weighted by molar-refractivity contribution is 7.92. The predicted molar refractivity (Wildman–Crippen MR) is 166 cm³/mol. The van der Waals surface area contributed by atoms with Crippen molar-refractivity contribution in [2.45, 2.75) is 44.2 Å². The van der Waals surface area contributed by atoms with Gasteiger partial charge in [-0.15, -0.1) is 0 Å². The normalized spacial score (nSPS) is 11.8. The number of methoxy groups -OCH3 is 3. The van der Waals surface area contributed by atoms with Crippen LogP contribution in [0.5, 0.6) is 17.2 Å². The van der Waals surface area contributed by atoms with Gasteiger partial charge in [0.25, 0.3) is 10.0 Å². The van der Waals surface area contributed by atoms with Gasteiger partial charge < -0.3 is 24.4 Å². The topological polar surface area (TPSA) is 114 Å². The molecule has 0 radical (unpaired) electrons. The molecule has 0 bridgehead atoms. The van der Waals surface area contributed by atoms with Crippen molar-refractivity contribution in [2.24, 2.45) is 0 Å². The maximum absolute atomic E-state index is 14.1. The number of rotatable bonds is 15. The lowest BCUT2D eigenvalue weighted by molar-refractivity contribution is -0.139. The van der Waals surface area contributed by atoms with E-state index in [-0.39, 0.29) is 28.8 Å². The summed E-state index contributed by atoms with van der Waals surface area (Å²) in [6.45, 7) is 3.59. The summed E-state index contributed by atoms with van der Waals surface area (Å²) >= 11 is 6.09. The maximum Gasteiger partial charge on any atom is 0.264 e. The summed E-state index contributed by atoms with van der Waals surface area (Å²) in [7, 11) is 0.0926. The van der Waals surface area contributed by atoms with Crippen LogP contribution in [0.1, 0.15) is 32.3 Å². The lowest BCUT2D eigenvalue weighted by Gasteiger charge is -2.32. The third-order valence-electron chi connectivity index (χ3n) is 6.85. The summed E-state index contributed by atoms with van der Waals surface area (Å²) < 4.78 is 45.0. The molecule has 0 unspecified atom stereocenters. The minimum absolute atomic E-state index is 0.0655. The van der Waals surface area contributed by atoms with Crippen LogP contribution in [-0.2, 0) is 26.2 Å². The van der Waals surface area contributed by atoms with Crippen LogP contribution < -0.4 is 23.8 Å². The van der Waals surface area contributed by atoms with E-state index < -0.39 is 28.5 Å². The number of halogens is 1. The van der Waals surface area contributed by atoms with Crippen LogP contribution in [-0.4, -0.2) is 65.6 Å². The van der Waals surface area contributed by atoms with Crippen LogP contribution in [0.4, 0.5) is 5.69 Å². The van der Waals surface area contributed by atoms with Crippen molar-refractivity contribution in [1.29, 1.82) is 0 Å². The molecule has 1 atom stereocenters. The lowest BCUT2D eigenvalue weighted by Crippen LogP contribution is -2.51. The van der Waals surface area contributed by atoms with Gasteiger partial charge in [-0.1, -0.05) is 37.1 Å². The average Bonchev–Trinajstić information content (AvgIpc) is 3.02. The van der Waals surface area contributed by atoms with Crippen LogP contribution in [0.15, 0.2) is 71.6 Å². The number of benzene rings is 3. The third kappa shape index (κ3) is 8.55. The van der Waals surface area contributed by atoms with Crippen molar-refractivity contribution in [3.8, 4) is 17.2 Å². The number of ether oxygens (including phenoxy) is 3. The van der Waals surface area contributed by atoms with Crippen LogP contribution >= 0.6 is 11.6 Å². The van der Waals surface area contributed by atoms with E-state index in [1.54, 1.807) is 38.3 Å². The zero-order valence-electron chi connectivity index (χ0n) is 25.0. The van der Waals surface area contributed by atoms with Crippen molar-refractivity contribution < 1.29 is 32.2 Å². The Morgan fingerprint density at radius 3 is 2.14 bits per heavy atom. The lowest BCUT2D eigenvalue weighted by atomic mass is 10.1. The Hall–Kier alpha value is -3.96. The number of carbonyl (C=O) groups excluding carboxylic acids is 2. The molecule has 1 N–H and O–H groups in total. The highest BCUT2D eigenvalue weighted by atomic mass is 35.5. The van der Waals surface area contributed by atoms with Gasteiger partial charge in [-0.3, -0.25) is 13.9 Å². The number of sulfonamides is 1. The molecule has 232 valence electrons. The van der Waals surface area contributed by atoms with E-state index in [4.69, 9.17) is 25.8 Å². The number of nitrogens with one attached hydrogen (secondary N) is 1. The number of hydrogen-bond acceptors (Lipinski definition) is 7. The molecule has 43 heavy (non-hydrogen) atoms. The summed E-state index contributed by atoms with van der Waals surface area (Å²) in [5.74, 6) is 0.291. The zero-order valence-corrected chi connectivity index (χ0v) is 26.6. The molecule has 3 aromatic rings. The summed E-state index contributed by atoms with van der Waals surface area (Å²) in [5.41, 5.74) is 0.958. The van der Waals surface area contributed by atoms with Crippen molar-refractivity contribution in [3.63, 3.8) is 0 Å². The van der Waals surface area contributed by atoms with Gasteiger partial charge in [-0.05, 0) is 67.4 Å². The van der Waals surface area contributed by atoms with Gasteiger partial charge in [0.1, 0.15) is 18.3 Å². The molecule has 0 aliphatic heterocycles. The SMILES string of the molecule is CCCCNC(=O)[C@@H](C)N(Cc1ccc(OC)cc1)C(=O)CN(c1ccc(Cl)cc1)S(=O)(=O)c1ccc(OC)c(OC)c1. The molecule has 0 aliphatic carbocycles. The maximum atomic E-state index is 14.1. The first-order valence-corrected chi connectivity index (χ1v) is 15.6. The molecule has 2 amide bonds. The molecule has 10 nitrogen and oxygen atoms in total. The van der Waals surface area contributed by atoms with E-state index in [2.05, 4.69) is 5.32 Å². The van der Waals surface area contributed by atoms with Gasteiger partial charge in [0.2, 0.25) is 11.8 Å². The molecule has 0 heterocycles. The second-order valence-corrected chi connectivity index (χ2v) is 12.0. The van der Waals surface area contributed by atoms with Crippen molar-refractivity contribution in [2.75, 3.05) is 38.7 Å². The van der Waals surface area contributed by atoms with Gasteiger partial charge in [0.05, 0.1) is 31.9 Å². The number of nitrogens with zero attached hydrogens (tertiary/aromatic N) is 2. The minimum Gasteiger partial charge on any atom is -0.497 e. The Kier molecular flexibility index (Phi) is 12.1. The number of unbranched alkanes of at least 4 members (excludes halogenated alkanes) is 1. The summed E-state index contributed by atoms with van der Waals surface area (Å²) in [6, 6.07) is 16.5. The van der Waals surface area contributed by atoms with Crippen LogP contribution in [0, 0.1) is 0 Å². The summed E-state index contributed by atoms with van der Waals surface area (Å²) in [4.78, 5) is 28.4. The van der Waals surface area contributed by atoms with E-state index in [0.717, 1.165) is 22.7 Å². The quantitative estimate of drug-likeness (QED) is 0.238. The fourth-order valence-corrected chi connectivity index (χ4v) is 5.84. The monoisotopic (exact) mass is 631 g/mol. The molecule has 0 aliphatic rings. The minimum atomic E-state index is -4.31. The molecule has 0 spiro atoms. The number of amides is 2. The van der Waals surface area contributed by atoms with E-state index in [9.17, 15) is 18.0 Å². The highest BCUT2D eigenvalue weighted by Crippen LogP contribution is 2.32. The standard InChI is InChI=1S/C31H38ClN3O7S/c1-6-7-18-33-31(37)22(2)34(20-23-8-14-26(40-3)15-9-23)30(36)21-35(25-12-10-24(32)11-13-25)43(38,39)27-16-17-28(41-4)29(19-27)42-5/h8-17,19,22H,6-7,18,20-21H2,1-5H3,(H,33,37)/t22-/m1/s1. The average molecular weight is 632 g/mol. The van der Waals surface area contributed by atoms with E-state index >= 15 is 0 Å². The second-order valence-electron chi connectivity index (χ2n) is 9.70. The van der Waals surface area contributed by atoms with Gasteiger partial charge in [-0.2, -0.15) is 0 Å². The Bertz CT molecular complexity index is 1480. The first kappa shape index (κ1) is 33.5. The molecule has 0 fully saturated rings. The Balaban J connectivity index is 2.03. The van der Waals surface area contributed by atoms with Crippen LogP contribution in [0.2, 0.25) is 5.02 Å². The molecular formula is C31H38ClN3O7S. The summed E-state index contributed by atoms with van der Waals surface area (Å²) in [6.07, 6.45) is 1.69. The fraction of sp³-hybridized carbons (Fsp3) is 0.355. The molecule has 0 saturated heterocycles. The molecule has 0 saturated carbocycles. The van der Waals surface area contributed by atoms with Crippen molar-refractivity contribution >= 4 is 39.1 Å². The van der Waals surface area contributed by atoms with E-state index in [1.807, 2.05) is 6.92 Å². The second kappa shape index (κ2) is 15.5. The number of carbonyl (C=O) groups is 2. The van der Waals surface area contributed by atoms with E-state index in [0.29, 0.717) is 23.1 Å². The zero-order chi connectivity index (χ0) is 31.6. The van der Waals surface area contributed by atoms with Crippen molar-refractivity contribution in [3.05, 3.63) is 77.3 Å². The van der Waals surface area contributed by atoms with Gasteiger partial charge in [0, 0.05) is 24.2 Å². The van der Waals surface area contributed by atoms with Gasteiger partial charge in [0.15, 0.2) is 11.5 Å². The summed E-state index contributed by atoms with van der Waals surface area (Å²) in [5, 5.41) is 3.27. The third-order valence-corrected chi connectivity index (χ3v) is 8.87. The first-order valence-electron chi connectivity index (χ1n) is 13.8. The largest absolute Gasteiger partial charge is 0.497 e. The number of anilines is 1. The van der Waals surface area contributed by atoms with Gasteiger partial charge >= 0.3 is 0 Å². The predicted octanol–water partition coefficient (Wildman–Crippen LogP) is 4.89. The van der Waals surface area contributed by atoms with Crippen LogP contribution in [0.25, 0.3) is 0 Å².